The molecule has 12 nitrogen and oxygen atoms in total. The number of hydrogen-bond acceptors (Lipinski definition) is 8. The summed E-state index contributed by atoms with van der Waals surface area (Å²) in [5.41, 5.74) is 1.56. The molecule has 1 aromatic heterocycles. The zero-order chi connectivity index (χ0) is 36.6. The van der Waals surface area contributed by atoms with Crippen LogP contribution in [0.2, 0.25) is 0 Å². The third kappa shape index (κ3) is 8.10. The van der Waals surface area contributed by atoms with E-state index in [0.717, 1.165) is 0 Å². The minimum atomic E-state index is -2.84. The van der Waals surface area contributed by atoms with Gasteiger partial charge in [-0.25, -0.2) is 22.9 Å². The molecule has 3 amide bonds. The van der Waals surface area contributed by atoms with Crippen LogP contribution in [0.5, 0.6) is 5.88 Å². The zero-order valence-electron chi connectivity index (χ0n) is 29.6. The second-order valence-corrected chi connectivity index (χ2v) is 14.5. The molecule has 278 valence electrons. The fourth-order valence-electron chi connectivity index (χ4n) is 7.66. The Kier molecular flexibility index (Phi) is 10.8. The number of likely N-dealkylation sites (tertiary alicyclic amines) is 1. The number of nitrogens with zero attached hydrogens (tertiary/aromatic N) is 6. The van der Waals surface area contributed by atoms with Crippen LogP contribution in [-0.2, 0) is 16.0 Å². The Balaban J connectivity index is 1.30. The molecule has 0 aliphatic carbocycles. The first-order chi connectivity index (χ1) is 24.2. The van der Waals surface area contributed by atoms with Crippen molar-refractivity contribution in [2.45, 2.75) is 83.1 Å². The van der Waals surface area contributed by atoms with Crippen LogP contribution < -0.4 is 9.64 Å². The van der Waals surface area contributed by atoms with E-state index in [2.05, 4.69) is 28.6 Å². The molecule has 0 radical (unpaired) electrons. The molecule has 51 heavy (non-hydrogen) atoms. The quantitative estimate of drug-likeness (QED) is 0.455. The number of alkyl halides is 2. The summed E-state index contributed by atoms with van der Waals surface area (Å²) in [5.74, 6) is -3.91. The fraction of sp³-hybridized carbons (Fsp3) is 0.611. The van der Waals surface area contributed by atoms with Gasteiger partial charge in [-0.15, -0.1) is 0 Å². The highest BCUT2D eigenvalue weighted by Crippen LogP contribution is 2.37. The average Bonchev–Trinajstić information content (AvgIpc) is 3.07. The average molecular weight is 717 g/mol. The molecular formula is C36H47F3N6O6. The number of amides is 3. The van der Waals surface area contributed by atoms with Crippen molar-refractivity contribution in [2.24, 2.45) is 0 Å². The largest absolute Gasteiger partial charge is 0.474 e. The lowest BCUT2D eigenvalue weighted by molar-refractivity contribution is -0.122. The normalized spacial score (nSPS) is 27.1. The predicted octanol–water partition coefficient (Wildman–Crippen LogP) is 3.96. The summed E-state index contributed by atoms with van der Waals surface area (Å²) >= 11 is 0. The highest BCUT2D eigenvalue weighted by atomic mass is 19.3. The van der Waals surface area contributed by atoms with Crippen molar-refractivity contribution in [3.8, 4) is 5.88 Å². The standard InChI is InChI=1S/C36H47F3N6O6/c1-22-15-42(29(17-44(22)35(48)49)16-43-23(2)19-50-20-24(43)3)18-31(46)45-25(4)21-51-33-30(45)14-27(13-26-5-7-28(37)8-6-26)32(40-33)34(47)41-11-9-36(38,39)10-12-41/h5-8,14,22-25,29H,9-13,15-21H2,1-4H3,(H,48,49)/t22-,23-,24-,25+,29+/m1/s1. The number of carbonyl (C=O) groups excluding carboxylic acids is 2. The maximum Gasteiger partial charge on any atom is 0.407 e. The van der Waals surface area contributed by atoms with Gasteiger partial charge in [0, 0.05) is 69.7 Å². The van der Waals surface area contributed by atoms with Gasteiger partial charge in [-0.3, -0.25) is 19.4 Å². The summed E-state index contributed by atoms with van der Waals surface area (Å²) in [6.07, 6.45) is -1.72. The summed E-state index contributed by atoms with van der Waals surface area (Å²) in [6, 6.07) is 6.78. The number of piperazine rings is 1. The number of fused-ring (bicyclic) bond motifs is 1. The second-order valence-electron chi connectivity index (χ2n) is 14.5. The number of carboxylic acid groups (broad SMARTS) is 1. The lowest BCUT2D eigenvalue weighted by Crippen LogP contribution is -2.65. The summed E-state index contributed by atoms with van der Waals surface area (Å²) in [5, 5.41) is 9.96. The van der Waals surface area contributed by atoms with Crippen LogP contribution in [0.15, 0.2) is 30.3 Å². The minimum Gasteiger partial charge on any atom is -0.474 e. The maximum atomic E-state index is 14.4. The van der Waals surface area contributed by atoms with E-state index in [-0.39, 0.29) is 80.9 Å². The van der Waals surface area contributed by atoms with Gasteiger partial charge in [-0.05, 0) is 63.4 Å². The van der Waals surface area contributed by atoms with E-state index in [1.165, 1.54) is 21.9 Å². The van der Waals surface area contributed by atoms with Gasteiger partial charge in [-0.1, -0.05) is 12.1 Å². The molecule has 5 atom stereocenters. The van der Waals surface area contributed by atoms with Crippen LogP contribution >= 0.6 is 0 Å². The second kappa shape index (κ2) is 15.0. The van der Waals surface area contributed by atoms with E-state index >= 15 is 0 Å². The molecule has 15 heteroatoms. The molecule has 4 aliphatic heterocycles. The third-order valence-corrected chi connectivity index (χ3v) is 10.6. The number of ether oxygens (including phenoxy) is 2. The number of morpholine rings is 1. The lowest BCUT2D eigenvalue weighted by Gasteiger charge is -2.48. The summed E-state index contributed by atoms with van der Waals surface area (Å²) < 4.78 is 53.4. The first-order valence-electron chi connectivity index (χ1n) is 17.7. The van der Waals surface area contributed by atoms with Crippen molar-refractivity contribution >= 4 is 23.6 Å². The van der Waals surface area contributed by atoms with Crippen molar-refractivity contribution in [3.63, 3.8) is 0 Å². The SMILES string of the molecule is C[C@@H]1CN(CC(=O)N2c3cc(Cc4ccc(F)cc4)c(C(=O)N4CCC(F)(F)CC4)nc3OC[C@@H]2C)[C@@H](CN2[C@H](C)COC[C@H]2C)CN1C(=O)O. The molecule has 1 N–H and O–H groups in total. The van der Waals surface area contributed by atoms with Crippen LogP contribution in [0.25, 0.3) is 0 Å². The number of rotatable bonds is 7. The van der Waals surface area contributed by atoms with Crippen molar-refractivity contribution in [1.29, 1.82) is 0 Å². The van der Waals surface area contributed by atoms with E-state index in [9.17, 15) is 32.7 Å². The summed E-state index contributed by atoms with van der Waals surface area (Å²) in [7, 11) is 0. The van der Waals surface area contributed by atoms with E-state index < -0.39 is 42.6 Å². The summed E-state index contributed by atoms with van der Waals surface area (Å²) in [6.45, 7) is 10.0. The molecule has 2 aromatic rings. The van der Waals surface area contributed by atoms with Gasteiger partial charge >= 0.3 is 6.09 Å². The molecule has 5 heterocycles. The molecule has 0 saturated carbocycles. The van der Waals surface area contributed by atoms with Crippen LogP contribution in [0.3, 0.4) is 0 Å². The van der Waals surface area contributed by atoms with Gasteiger partial charge in [0.1, 0.15) is 23.8 Å². The fourth-order valence-corrected chi connectivity index (χ4v) is 7.66. The van der Waals surface area contributed by atoms with Gasteiger partial charge in [-0.2, -0.15) is 0 Å². The maximum absolute atomic E-state index is 14.4. The van der Waals surface area contributed by atoms with Gasteiger partial charge < -0.3 is 29.3 Å². The van der Waals surface area contributed by atoms with Crippen molar-refractivity contribution < 1.29 is 42.1 Å². The smallest absolute Gasteiger partial charge is 0.407 e. The number of pyridine rings is 1. The predicted molar refractivity (Wildman–Crippen MR) is 182 cm³/mol. The molecule has 3 fully saturated rings. The highest BCUT2D eigenvalue weighted by Gasteiger charge is 2.41. The van der Waals surface area contributed by atoms with Gasteiger partial charge in [0.2, 0.25) is 11.8 Å². The Hall–Kier alpha value is -3.95. The molecule has 0 spiro atoms. The van der Waals surface area contributed by atoms with Gasteiger partial charge in [0.25, 0.3) is 11.8 Å². The third-order valence-electron chi connectivity index (χ3n) is 10.6. The number of piperidine rings is 1. The van der Waals surface area contributed by atoms with Gasteiger partial charge in [0.05, 0.1) is 25.8 Å². The van der Waals surface area contributed by atoms with Crippen LogP contribution in [0.4, 0.5) is 23.7 Å². The molecule has 0 bridgehead atoms. The van der Waals surface area contributed by atoms with Crippen LogP contribution in [-0.4, -0.2) is 143 Å². The number of carbonyl (C=O) groups is 3. The number of benzene rings is 1. The number of anilines is 1. The first kappa shape index (κ1) is 36.8. The monoisotopic (exact) mass is 716 g/mol. The summed E-state index contributed by atoms with van der Waals surface area (Å²) in [4.78, 5) is 53.8. The van der Waals surface area contributed by atoms with E-state index in [1.807, 2.05) is 13.8 Å². The Morgan fingerprint density at radius 3 is 2.25 bits per heavy atom. The Morgan fingerprint density at radius 2 is 1.61 bits per heavy atom. The van der Waals surface area contributed by atoms with Gasteiger partial charge in [0.15, 0.2) is 0 Å². The van der Waals surface area contributed by atoms with Crippen molar-refractivity contribution in [2.75, 3.05) is 64.0 Å². The lowest BCUT2D eigenvalue weighted by atomic mass is 10.00. The molecule has 4 aliphatic rings. The number of hydrogen-bond donors (Lipinski definition) is 1. The highest BCUT2D eigenvalue weighted by molar-refractivity contribution is 5.99. The van der Waals surface area contributed by atoms with E-state index in [4.69, 9.17) is 9.47 Å². The molecule has 6 rings (SSSR count). The minimum absolute atomic E-state index is 0.00924. The number of aromatic nitrogens is 1. The molecule has 0 unspecified atom stereocenters. The van der Waals surface area contributed by atoms with Crippen molar-refractivity contribution in [1.82, 2.24) is 24.6 Å². The number of halogens is 3. The molecule has 1 aromatic carbocycles. The first-order valence-corrected chi connectivity index (χ1v) is 17.7. The van der Waals surface area contributed by atoms with Crippen molar-refractivity contribution in [3.05, 3.63) is 53.0 Å². The molecular weight excluding hydrogens is 669 g/mol. The van der Waals surface area contributed by atoms with Crippen LogP contribution in [0.1, 0.15) is 62.2 Å². The topological polar surface area (TPSA) is 119 Å². The zero-order valence-corrected chi connectivity index (χ0v) is 29.6. The van der Waals surface area contributed by atoms with E-state index in [1.54, 1.807) is 23.1 Å². The Morgan fingerprint density at radius 1 is 0.941 bits per heavy atom. The van der Waals surface area contributed by atoms with Crippen LogP contribution in [0, 0.1) is 5.82 Å². The Labute approximate surface area is 296 Å². The molecule has 3 saturated heterocycles. The van der Waals surface area contributed by atoms with E-state index in [0.29, 0.717) is 43.1 Å². The Bertz CT molecular complexity index is 1590.